The number of imidazole rings is 1. The van der Waals surface area contributed by atoms with E-state index in [2.05, 4.69) is 27.3 Å². The molecular formula is C21H21ClN4O2. The zero-order chi connectivity index (χ0) is 19.3. The van der Waals surface area contributed by atoms with Gasteiger partial charge in [-0.15, -0.1) is 0 Å². The summed E-state index contributed by atoms with van der Waals surface area (Å²) in [5.74, 6) is -0.163. The van der Waals surface area contributed by atoms with Crippen LogP contribution < -0.4 is 5.32 Å². The van der Waals surface area contributed by atoms with Crippen LogP contribution in [0.15, 0.2) is 67.3 Å². The molecule has 4 rings (SSSR count). The van der Waals surface area contributed by atoms with Gasteiger partial charge in [-0.25, -0.2) is 4.98 Å². The van der Waals surface area contributed by atoms with Crippen molar-refractivity contribution in [1.29, 1.82) is 0 Å². The molecule has 1 saturated heterocycles. The fourth-order valence-corrected chi connectivity index (χ4v) is 3.54. The van der Waals surface area contributed by atoms with E-state index in [4.69, 9.17) is 16.3 Å². The normalized spacial score (nSPS) is 17.4. The fraction of sp³-hybridized carbons (Fsp3) is 0.238. The first-order valence-electron chi connectivity index (χ1n) is 9.16. The summed E-state index contributed by atoms with van der Waals surface area (Å²) < 4.78 is 7.51. The number of nitrogens with one attached hydrogen (secondary N) is 1. The van der Waals surface area contributed by atoms with Gasteiger partial charge in [-0.2, -0.15) is 0 Å². The number of hydrogen-bond donors (Lipinski definition) is 1. The first kappa shape index (κ1) is 18.7. The van der Waals surface area contributed by atoms with Gasteiger partial charge in [0.15, 0.2) is 0 Å². The third-order valence-electron chi connectivity index (χ3n) is 4.69. The van der Waals surface area contributed by atoms with E-state index in [1.54, 1.807) is 18.6 Å². The summed E-state index contributed by atoms with van der Waals surface area (Å²) >= 11 is 6.36. The van der Waals surface area contributed by atoms with Crippen molar-refractivity contribution in [3.63, 3.8) is 0 Å². The molecule has 28 heavy (non-hydrogen) atoms. The van der Waals surface area contributed by atoms with Crippen LogP contribution in [-0.4, -0.2) is 46.2 Å². The predicted octanol–water partition coefficient (Wildman–Crippen LogP) is 3.37. The second-order valence-corrected chi connectivity index (χ2v) is 7.11. The van der Waals surface area contributed by atoms with E-state index in [0.29, 0.717) is 23.9 Å². The van der Waals surface area contributed by atoms with Crippen LogP contribution in [0, 0.1) is 0 Å². The standard InChI is InChI=1S/C21H21ClN4O2/c22-18-12-17(6-7-19(18)26-9-8-23-15-26)24-21(27)20-14-25(10-11-28-20)13-16-4-2-1-3-5-16/h1-9,12,15,20H,10-11,13-14H2,(H,24,27). The van der Waals surface area contributed by atoms with Crippen molar-refractivity contribution in [2.45, 2.75) is 12.6 Å². The number of hydrogen-bond acceptors (Lipinski definition) is 4. The molecule has 1 amide bonds. The van der Waals surface area contributed by atoms with E-state index in [0.717, 1.165) is 18.8 Å². The van der Waals surface area contributed by atoms with E-state index in [9.17, 15) is 4.79 Å². The van der Waals surface area contributed by atoms with E-state index in [1.807, 2.05) is 41.1 Å². The Bertz CT molecular complexity index is 931. The highest BCUT2D eigenvalue weighted by Gasteiger charge is 2.26. The maximum Gasteiger partial charge on any atom is 0.254 e. The van der Waals surface area contributed by atoms with Gasteiger partial charge < -0.3 is 14.6 Å². The molecule has 1 atom stereocenters. The van der Waals surface area contributed by atoms with Gasteiger partial charge in [0.1, 0.15) is 6.10 Å². The van der Waals surface area contributed by atoms with Crippen LogP contribution in [0.2, 0.25) is 5.02 Å². The number of benzene rings is 2. The Hall–Kier alpha value is -2.67. The Morgan fingerprint density at radius 2 is 2.11 bits per heavy atom. The summed E-state index contributed by atoms with van der Waals surface area (Å²) in [6.07, 6.45) is 4.67. The number of rotatable bonds is 5. The quantitative estimate of drug-likeness (QED) is 0.718. The molecule has 6 nitrogen and oxygen atoms in total. The summed E-state index contributed by atoms with van der Waals surface area (Å²) in [6.45, 7) is 2.70. The largest absolute Gasteiger partial charge is 0.366 e. The summed E-state index contributed by atoms with van der Waals surface area (Å²) in [6, 6.07) is 15.6. The second kappa shape index (κ2) is 8.56. The first-order chi connectivity index (χ1) is 13.7. The molecule has 1 aliphatic rings. The number of carbonyl (C=O) groups excluding carboxylic acids is 1. The highest BCUT2D eigenvalue weighted by molar-refractivity contribution is 6.32. The van der Waals surface area contributed by atoms with Gasteiger partial charge in [0.05, 0.1) is 23.6 Å². The average Bonchev–Trinajstić information content (AvgIpc) is 3.23. The lowest BCUT2D eigenvalue weighted by Gasteiger charge is -2.32. The van der Waals surface area contributed by atoms with Crippen molar-refractivity contribution in [3.8, 4) is 5.69 Å². The number of nitrogens with zero attached hydrogens (tertiary/aromatic N) is 3. The topological polar surface area (TPSA) is 59.4 Å². The van der Waals surface area contributed by atoms with Crippen LogP contribution >= 0.6 is 11.6 Å². The highest BCUT2D eigenvalue weighted by atomic mass is 35.5. The number of morpholine rings is 1. The van der Waals surface area contributed by atoms with Crippen LogP contribution in [0.4, 0.5) is 5.69 Å². The fourth-order valence-electron chi connectivity index (χ4n) is 3.26. The van der Waals surface area contributed by atoms with Gasteiger partial charge in [-0.05, 0) is 23.8 Å². The van der Waals surface area contributed by atoms with Gasteiger partial charge in [0, 0.05) is 37.7 Å². The smallest absolute Gasteiger partial charge is 0.254 e. The molecule has 1 N–H and O–H groups in total. The molecule has 1 aromatic heterocycles. The van der Waals surface area contributed by atoms with Crippen molar-refractivity contribution < 1.29 is 9.53 Å². The SMILES string of the molecule is O=C(Nc1ccc(-n2ccnc2)c(Cl)c1)C1CN(Cc2ccccc2)CCO1. The molecule has 0 saturated carbocycles. The Balaban J connectivity index is 1.38. The van der Waals surface area contributed by atoms with Crippen LogP contribution in [0.1, 0.15) is 5.56 Å². The Kier molecular flexibility index (Phi) is 5.71. The molecule has 1 aliphatic heterocycles. The lowest BCUT2D eigenvalue weighted by Crippen LogP contribution is -2.47. The molecule has 144 valence electrons. The summed E-state index contributed by atoms with van der Waals surface area (Å²) in [7, 11) is 0. The maximum absolute atomic E-state index is 12.7. The third-order valence-corrected chi connectivity index (χ3v) is 4.99. The zero-order valence-electron chi connectivity index (χ0n) is 15.3. The lowest BCUT2D eigenvalue weighted by atomic mass is 10.2. The summed E-state index contributed by atoms with van der Waals surface area (Å²) in [5, 5.41) is 3.44. The number of ether oxygens (including phenoxy) is 1. The minimum atomic E-state index is -0.510. The Labute approximate surface area is 168 Å². The van der Waals surface area contributed by atoms with Gasteiger partial charge in [-0.3, -0.25) is 9.69 Å². The minimum Gasteiger partial charge on any atom is -0.366 e. The minimum absolute atomic E-state index is 0.163. The van der Waals surface area contributed by atoms with Gasteiger partial charge in [0.2, 0.25) is 0 Å². The number of anilines is 1. The maximum atomic E-state index is 12.7. The van der Waals surface area contributed by atoms with E-state index in [-0.39, 0.29) is 5.91 Å². The lowest BCUT2D eigenvalue weighted by molar-refractivity contribution is -0.133. The molecule has 0 bridgehead atoms. The molecule has 2 aromatic carbocycles. The summed E-state index contributed by atoms with van der Waals surface area (Å²) in [5.41, 5.74) is 2.67. The molecule has 1 unspecified atom stereocenters. The molecule has 3 aromatic rings. The Morgan fingerprint density at radius 1 is 1.25 bits per heavy atom. The molecule has 1 fully saturated rings. The zero-order valence-corrected chi connectivity index (χ0v) is 16.0. The van der Waals surface area contributed by atoms with Crippen molar-refractivity contribution >= 4 is 23.2 Å². The van der Waals surface area contributed by atoms with Gasteiger partial charge >= 0.3 is 0 Å². The number of halogens is 1. The molecule has 0 radical (unpaired) electrons. The molecule has 0 aliphatic carbocycles. The van der Waals surface area contributed by atoms with Gasteiger partial charge in [-0.1, -0.05) is 41.9 Å². The molecule has 2 heterocycles. The molecule has 0 spiro atoms. The van der Waals surface area contributed by atoms with Crippen molar-refractivity contribution in [2.75, 3.05) is 25.0 Å². The van der Waals surface area contributed by atoms with E-state index >= 15 is 0 Å². The molecule has 7 heteroatoms. The number of amides is 1. The number of aromatic nitrogens is 2. The first-order valence-corrected chi connectivity index (χ1v) is 9.53. The Morgan fingerprint density at radius 3 is 2.86 bits per heavy atom. The monoisotopic (exact) mass is 396 g/mol. The van der Waals surface area contributed by atoms with Gasteiger partial charge in [0.25, 0.3) is 5.91 Å². The second-order valence-electron chi connectivity index (χ2n) is 6.71. The van der Waals surface area contributed by atoms with Crippen molar-refractivity contribution in [2.24, 2.45) is 0 Å². The van der Waals surface area contributed by atoms with Crippen molar-refractivity contribution in [3.05, 3.63) is 77.8 Å². The van der Waals surface area contributed by atoms with E-state index < -0.39 is 6.10 Å². The van der Waals surface area contributed by atoms with Crippen LogP contribution in [-0.2, 0) is 16.1 Å². The highest BCUT2D eigenvalue weighted by Crippen LogP contribution is 2.24. The van der Waals surface area contributed by atoms with Crippen LogP contribution in [0.3, 0.4) is 0 Å². The molecular weight excluding hydrogens is 376 g/mol. The predicted molar refractivity (Wildman–Crippen MR) is 109 cm³/mol. The number of carbonyl (C=O) groups is 1. The van der Waals surface area contributed by atoms with E-state index in [1.165, 1.54) is 5.56 Å². The third kappa shape index (κ3) is 4.42. The van der Waals surface area contributed by atoms with Crippen LogP contribution in [0.25, 0.3) is 5.69 Å². The average molecular weight is 397 g/mol. The van der Waals surface area contributed by atoms with Crippen molar-refractivity contribution in [1.82, 2.24) is 14.5 Å². The van der Waals surface area contributed by atoms with Crippen LogP contribution in [0.5, 0.6) is 0 Å². The summed E-state index contributed by atoms with van der Waals surface area (Å²) in [4.78, 5) is 18.9.